The molecule has 0 rings (SSSR count). The number of Topliss-reactive ketones (excluding diaryl/α,β-unsaturated/α-hetero) is 1. The van der Waals surface area contributed by atoms with E-state index in [1.807, 2.05) is 0 Å². The van der Waals surface area contributed by atoms with Gasteiger partial charge in [-0.1, -0.05) is 0 Å². The summed E-state index contributed by atoms with van der Waals surface area (Å²) in [6, 6.07) is 0. The molecular weight excluding hydrogens is 290 g/mol. The summed E-state index contributed by atoms with van der Waals surface area (Å²) in [7, 11) is -9.04. The molecule has 0 aromatic heterocycles. The van der Waals surface area contributed by atoms with Crippen LogP contribution in [0.3, 0.4) is 0 Å². The Morgan fingerprint density at radius 2 is 1.14 bits per heavy atom. The first-order valence-corrected chi connectivity index (χ1v) is 5.74. The zero-order valence-corrected chi connectivity index (χ0v) is 15.5. The van der Waals surface area contributed by atoms with Gasteiger partial charge in [0, 0.05) is 0 Å². The molecule has 0 aromatic carbocycles. The van der Waals surface area contributed by atoms with E-state index in [9.17, 15) is 21.6 Å². The van der Waals surface area contributed by atoms with E-state index >= 15 is 0 Å². The van der Waals surface area contributed by atoms with Gasteiger partial charge in [0.15, 0.2) is 5.78 Å². The van der Waals surface area contributed by atoms with Crippen LogP contribution in [0.4, 0.5) is 0 Å². The van der Waals surface area contributed by atoms with Gasteiger partial charge in [-0.25, -0.2) is 0 Å². The summed E-state index contributed by atoms with van der Waals surface area (Å²) in [4.78, 5) is 10.4. The zero-order valence-electron chi connectivity index (χ0n) is 9.67. The van der Waals surface area contributed by atoms with Gasteiger partial charge in [0.25, 0.3) is 20.2 Å². The van der Waals surface area contributed by atoms with E-state index in [1.165, 1.54) is 0 Å². The van der Waals surface area contributed by atoms with Gasteiger partial charge in [0.2, 0.25) is 0 Å². The van der Waals surface area contributed by atoms with E-state index < -0.39 is 37.5 Å². The molecule has 0 fully saturated rings. The summed E-state index contributed by atoms with van der Waals surface area (Å²) in [6.45, 7) is 0. The Bertz CT molecular complexity index is 340. The maximum atomic E-state index is 10.4. The van der Waals surface area contributed by atoms with E-state index in [0.717, 1.165) is 0 Å². The van der Waals surface area contributed by atoms with Crippen LogP contribution in [-0.4, -0.2) is 43.2 Å². The summed E-state index contributed by atoms with van der Waals surface area (Å²) in [5.74, 6) is -3.92. The smallest absolute Gasteiger partial charge is 1.00 e. The van der Waals surface area contributed by atoms with Crippen molar-refractivity contribution in [2.45, 2.75) is 0 Å². The Morgan fingerprint density at radius 1 is 0.929 bits per heavy atom. The second-order valence-corrected chi connectivity index (χ2v) is 4.90. The molecule has 76 valence electrons. The minimum Gasteiger partial charge on any atom is -1.00 e. The third-order valence-electron chi connectivity index (χ3n) is 0.687. The minimum atomic E-state index is -4.52. The fourth-order valence-electron chi connectivity index (χ4n) is 0.449. The van der Waals surface area contributed by atoms with Crippen LogP contribution in [0.25, 0.3) is 0 Å². The fraction of sp³-hybridized carbons (Fsp3) is 0.667. The second kappa shape index (κ2) is 8.80. The van der Waals surface area contributed by atoms with E-state index in [0.29, 0.717) is 0 Å². The van der Waals surface area contributed by atoms with E-state index in [2.05, 4.69) is 0 Å². The predicted octanol–water partition coefficient (Wildman–Crippen LogP) is -7.44. The number of carbonyl (C=O) groups excluding carboxylic acids is 1. The first-order valence-electron chi connectivity index (χ1n) is 2.52. The molecule has 7 nitrogen and oxygen atoms in total. The van der Waals surface area contributed by atoms with Crippen LogP contribution in [0.5, 0.6) is 0 Å². The van der Waals surface area contributed by atoms with Gasteiger partial charge in [0.05, 0.1) is 0 Å². The molecule has 0 radical (unpaired) electrons. The molecule has 0 aliphatic rings. The maximum absolute atomic E-state index is 10.4. The van der Waals surface area contributed by atoms with Gasteiger partial charge in [-0.3, -0.25) is 13.9 Å². The van der Waals surface area contributed by atoms with E-state index in [4.69, 9.17) is 9.11 Å². The molecule has 0 heterocycles. The van der Waals surface area contributed by atoms with Crippen molar-refractivity contribution in [3.8, 4) is 0 Å². The number of carbonyl (C=O) groups is 1. The number of ketones is 1. The van der Waals surface area contributed by atoms with Crippen molar-refractivity contribution in [2.75, 3.05) is 11.5 Å². The van der Waals surface area contributed by atoms with E-state index in [-0.39, 0.29) is 106 Å². The van der Waals surface area contributed by atoms with Crippen LogP contribution >= 0.6 is 0 Å². The largest absolute Gasteiger partial charge is 1.00 e. The summed E-state index contributed by atoms with van der Waals surface area (Å²) in [5, 5.41) is 0. The molecule has 11 heteroatoms. The molecule has 0 aromatic rings. The first kappa shape index (κ1) is 22.0. The standard InChI is InChI=1S/C3H6O7S2.2K.2H/c4-3(1-11(5,6)7)2-12(8,9)10;;;;/h1-2H2,(H,5,6,7)(H,8,9,10);;;;/q;2*+1;2*-1. The number of hydrogen-bond donors (Lipinski definition) is 2. The third kappa shape index (κ3) is 17.2. The average molecular weight is 298 g/mol. The van der Waals surface area contributed by atoms with E-state index in [1.54, 1.807) is 0 Å². The molecule has 0 bridgehead atoms. The number of rotatable bonds is 4. The minimum absolute atomic E-state index is 0. The van der Waals surface area contributed by atoms with Crippen molar-refractivity contribution in [1.29, 1.82) is 0 Å². The van der Waals surface area contributed by atoms with Crippen LogP contribution in [0.2, 0.25) is 0 Å². The van der Waals surface area contributed by atoms with Crippen LogP contribution < -0.4 is 103 Å². The van der Waals surface area contributed by atoms with Gasteiger partial charge in [-0.05, 0) is 0 Å². The quantitative estimate of drug-likeness (QED) is 0.390. The molecule has 0 saturated heterocycles. The van der Waals surface area contributed by atoms with Gasteiger partial charge in [0.1, 0.15) is 11.5 Å². The molecule has 0 atom stereocenters. The van der Waals surface area contributed by atoms with Crippen LogP contribution in [0.1, 0.15) is 2.85 Å². The van der Waals surface area contributed by atoms with Crippen molar-refractivity contribution >= 4 is 26.0 Å². The van der Waals surface area contributed by atoms with Gasteiger partial charge in [-0.15, -0.1) is 0 Å². The predicted molar refractivity (Wildman–Crippen MR) is 40.1 cm³/mol. The molecule has 0 amide bonds. The summed E-state index contributed by atoms with van der Waals surface area (Å²) in [6.07, 6.45) is 0. The summed E-state index contributed by atoms with van der Waals surface area (Å²) < 4.78 is 56.1. The average Bonchev–Trinajstić information content (AvgIpc) is 1.49. The van der Waals surface area contributed by atoms with Crippen molar-refractivity contribution < 1.29 is 136 Å². The van der Waals surface area contributed by atoms with Gasteiger partial charge >= 0.3 is 103 Å². The molecule has 0 aliphatic carbocycles. The van der Waals surface area contributed by atoms with Crippen LogP contribution in [0.15, 0.2) is 0 Å². The Morgan fingerprint density at radius 3 is 1.29 bits per heavy atom. The van der Waals surface area contributed by atoms with Gasteiger partial charge in [-0.2, -0.15) is 16.8 Å². The topological polar surface area (TPSA) is 126 Å². The fourth-order valence-corrected chi connectivity index (χ4v) is 1.60. The Hall–Kier alpha value is 2.76. The molecule has 0 saturated carbocycles. The summed E-state index contributed by atoms with van der Waals surface area (Å²) >= 11 is 0. The number of hydrogen-bond acceptors (Lipinski definition) is 5. The van der Waals surface area contributed by atoms with Crippen LogP contribution in [0, 0.1) is 0 Å². The van der Waals surface area contributed by atoms with Crippen molar-refractivity contribution in [2.24, 2.45) is 0 Å². The third-order valence-corrected chi connectivity index (χ3v) is 2.06. The SMILES string of the molecule is O=C(CS(=O)(=O)O)CS(=O)(=O)O.[H-].[H-].[K+].[K+]. The summed E-state index contributed by atoms with van der Waals surface area (Å²) in [5.41, 5.74) is 0. The molecule has 2 N–H and O–H groups in total. The Kier molecular flexibility index (Phi) is 13.8. The zero-order chi connectivity index (χ0) is 9.99. The Labute approximate surface area is 170 Å². The molecule has 0 unspecified atom stereocenters. The molecular formula is C3H8K2O7S2. The van der Waals surface area contributed by atoms with Crippen molar-refractivity contribution in [3.05, 3.63) is 0 Å². The van der Waals surface area contributed by atoms with Crippen molar-refractivity contribution in [1.82, 2.24) is 0 Å². The normalized spacial score (nSPS) is 11.0. The monoisotopic (exact) mass is 298 g/mol. The molecule has 0 aliphatic heterocycles. The van der Waals surface area contributed by atoms with Crippen LogP contribution in [-0.2, 0) is 25.0 Å². The Balaban J connectivity index is -0.000000101. The maximum Gasteiger partial charge on any atom is 1.00 e. The van der Waals surface area contributed by atoms with Crippen molar-refractivity contribution in [3.63, 3.8) is 0 Å². The molecule has 14 heavy (non-hydrogen) atoms. The molecule has 0 spiro atoms. The second-order valence-electron chi connectivity index (χ2n) is 1.99. The first-order chi connectivity index (χ1) is 5.10. The van der Waals surface area contributed by atoms with Gasteiger partial charge < -0.3 is 2.85 Å².